The Bertz CT molecular complexity index is 682. The number of nitrogens with one attached hydrogen (secondary N) is 1. The summed E-state index contributed by atoms with van der Waals surface area (Å²) in [5.41, 5.74) is 1.85. The van der Waals surface area contributed by atoms with E-state index in [1.54, 1.807) is 6.92 Å². The lowest BCUT2D eigenvalue weighted by Gasteiger charge is -2.49. The number of amides is 1. The number of rotatable bonds is 6. The van der Waals surface area contributed by atoms with E-state index in [9.17, 15) is 9.90 Å². The molecule has 0 spiro atoms. The average Bonchev–Trinajstić information content (AvgIpc) is 2.57. The molecule has 3 rings (SSSR count). The second-order valence-electron chi connectivity index (χ2n) is 8.97. The van der Waals surface area contributed by atoms with Crippen molar-refractivity contribution in [1.82, 2.24) is 5.32 Å². The Morgan fingerprint density at radius 3 is 2.74 bits per heavy atom. The van der Waals surface area contributed by atoms with Crippen LogP contribution in [0, 0.1) is 5.92 Å². The second kappa shape index (κ2) is 8.12. The predicted octanol–water partition coefficient (Wildman–Crippen LogP) is 5.07. The normalized spacial score (nSPS) is 25.9. The van der Waals surface area contributed by atoms with Crippen molar-refractivity contribution in [2.45, 2.75) is 96.6 Å². The molecule has 3 atom stereocenters. The highest BCUT2D eigenvalue weighted by molar-refractivity contribution is 5.73. The second-order valence-corrected chi connectivity index (χ2v) is 8.97. The average molecular weight is 374 g/mol. The van der Waals surface area contributed by atoms with E-state index >= 15 is 0 Å². The molecule has 1 aromatic rings. The molecule has 4 nitrogen and oxygen atoms in total. The molecule has 1 unspecified atom stereocenters. The van der Waals surface area contributed by atoms with Crippen molar-refractivity contribution in [2.75, 3.05) is 0 Å². The highest BCUT2D eigenvalue weighted by Gasteiger charge is 2.47. The Morgan fingerprint density at radius 1 is 1.26 bits per heavy atom. The van der Waals surface area contributed by atoms with Gasteiger partial charge in [0.2, 0.25) is 5.91 Å². The van der Waals surface area contributed by atoms with Gasteiger partial charge in [0.25, 0.3) is 0 Å². The quantitative estimate of drug-likeness (QED) is 0.684. The van der Waals surface area contributed by atoms with Crippen LogP contribution in [0.25, 0.3) is 0 Å². The van der Waals surface area contributed by atoms with Crippen LogP contribution in [0.4, 0.5) is 0 Å². The summed E-state index contributed by atoms with van der Waals surface area (Å²) in [6, 6.07) is 4.26. The molecule has 1 aromatic carbocycles. The monoisotopic (exact) mass is 373 g/mol. The summed E-state index contributed by atoms with van der Waals surface area (Å²) in [4.78, 5) is 11.5. The lowest BCUT2D eigenvalue weighted by atomic mass is 9.65. The van der Waals surface area contributed by atoms with E-state index < -0.39 is 0 Å². The third kappa shape index (κ3) is 4.41. The van der Waals surface area contributed by atoms with Crippen LogP contribution in [-0.4, -0.2) is 22.7 Å². The molecule has 27 heavy (non-hydrogen) atoms. The van der Waals surface area contributed by atoms with Crippen molar-refractivity contribution in [1.29, 1.82) is 0 Å². The molecule has 1 aliphatic carbocycles. The zero-order valence-corrected chi connectivity index (χ0v) is 17.3. The zero-order chi connectivity index (χ0) is 19.6. The summed E-state index contributed by atoms with van der Waals surface area (Å²) in [6.45, 7) is 8.13. The van der Waals surface area contributed by atoms with E-state index in [1.165, 1.54) is 19.3 Å². The van der Waals surface area contributed by atoms with Gasteiger partial charge in [0.05, 0.1) is 0 Å². The van der Waals surface area contributed by atoms with Gasteiger partial charge in [-0.1, -0.05) is 26.2 Å². The number of phenols is 1. The number of ether oxygens (including phenoxy) is 1. The van der Waals surface area contributed by atoms with E-state index in [0.717, 1.165) is 49.0 Å². The van der Waals surface area contributed by atoms with Crippen molar-refractivity contribution >= 4 is 5.91 Å². The van der Waals surface area contributed by atoms with Crippen LogP contribution >= 0.6 is 0 Å². The molecule has 0 bridgehead atoms. The molecule has 2 N–H and O–H groups in total. The summed E-state index contributed by atoms with van der Waals surface area (Å²) in [6.07, 6.45) is 8.68. The van der Waals surface area contributed by atoms with Gasteiger partial charge in [0, 0.05) is 24.4 Å². The molecular weight excluding hydrogens is 338 g/mol. The fourth-order valence-corrected chi connectivity index (χ4v) is 5.12. The number of unbranched alkanes of at least 4 members (excludes halogenated alkanes) is 3. The molecule has 1 saturated carbocycles. The summed E-state index contributed by atoms with van der Waals surface area (Å²) in [5, 5.41) is 13.9. The molecular formula is C23H35NO3. The first-order chi connectivity index (χ1) is 12.8. The van der Waals surface area contributed by atoms with Crippen LogP contribution in [0.1, 0.15) is 89.7 Å². The fourth-order valence-electron chi connectivity index (χ4n) is 5.12. The Labute approximate surface area is 163 Å². The number of aryl methyl sites for hydroxylation is 1. The Balaban J connectivity index is 1.85. The van der Waals surface area contributed by atoms with E-state index in [1.807, 2.05) is 6.07 Å². The number of fused-ring (bicyclic) bond motifs is 3. The highest BCUT2D eigenvalue weighted by atomic mass is 16.5. The van der Waals surface area contributed by atoms with E-state index in [4.69, 9.17) is 4.74 Å². The molecule has 1 heterocycles. The number of benzene rings is 1. The van der Waals surface area contributed by atoms with Gasteiger partial charge in [-0.05, 0) is 69.6 Å². The van der Waals surface area contributed by atoms with Gasteiger partial charge >= 0.3 is 0 Å². The smallest absolute Gasteiger partial charge is 0.217 e. The number of phenolic OH excluding ortho intramolecular Hbond substituents is 1. The standard InChI is InChI=1S/C23H35NO3/c1-5-6-7-8-9-16-12-20(26)22-18-14-17(24-15(2)25)10-11-19(18)23(3,4)27-21(22)13-16/h12-13,17-19,26H,5-11,14H2,1-4H3,(H,24,25)/t17?,18-,19+/m1/s1. The lowest BCUT2D eigenvalue weighted by Crippen LogP contribution is -2.50. The number of hydrogen-bond acceptors (Lipinski definition) is 3. The Morgan fingerprint density at radius 2 is 2.04 bits per heavy atom. The van der Waals surface area contributed by atoms with Crippen LogP contribution in [0.15, 0.2) is 12.1 Å². The maximum atomic E-state index is 11.5. The van der Waals surface area contributed by atoms with Gasteiger partial charge in [0.1, 0.15) is 17.1 Å². The summed E-state index contributed by atoms with van der Waals surface area (Å²) >= 11 is 0. The van der Waals surface area contributed by atoms with Gasteiger partial charge < -0.3 is 15.2 Å². The van der Waals surface area contributed by atoms with Crippen LogP contribution in [-0.2, 0) is 11.2 Å². The Hall–Kier alpha value is -1.71. The third-order valence-electron chi connectivity index (χ3n) is 6.39. The SMILES string of the molecule is CCCCCCc1cc(O)c2c(c1)OC(C)(C)[C@H]1CCC(NC(C)=O)C[C@@H]21. The summed E-state index contributed by atoms with van der Waals surface area (Å²) in [7, 11) is 0. The molecule has 1 fully saturated rings. The molecule has 1 amide bonds. The summed E-state index contributed by atoms with van der Waals surface area (Å²) in [5.74, 6) is 1.82. The van der Waals surface area contributed by atoms with Gasteiger partial charge in [0.15, 0.2) is 0 Å². The maximum Gasteiger partial charge on any atom is 0.217 e. The molecule has 0 radical (unpaired) electrons. The zero-order valence-electron chi connectivity index (χ0n) is 17.3. The molecule has 1 aliphatic heterocycles. The molecule has 150 valence electrons. The van der Waals surface area contributed by atoms with Gasteiger partial charge in [-0.15, -0.1) is 0 Å². The van der Waals surface area contributed by atoms with E-state index in [2.05, 4.69) is 32.2 Å². The minimum absolute atomic E-state index is 0.0247. The van der Waals surface area contributed by atoms with Crippen molar-refractivity contribution in [3.8, 4) is 11.5 Å². The van der Waals surface area contributed by atoms with E-state index in [0.29, 0.717) is 11.7 Å². The van der Waals surface area contributed by atoms with Gasteiger partial charge in [-0.3, -0.25) is 4.79 Å². The number of carbonyl (C=O) groups is 1. The van der Waals surface area contributed by atoms with Crippen molar-refractivity contribution in [2.24, 2.45) is 5.92 Å². The Kier molecular flexibility index (Phi) is 6.02. The first-order valence-electron chi connectivity index (χ1n) is 10.6. The third-order valence-corrected chi connectivity index (χ3v) is 6.39. The van der Waals surface area contributed by atoms with Crippen LogP contribution in [0.2, 0.25) is 0 Å². The van der Waals surface area contributed by atoms with Gasteiger partial charge in [-0.25, -0.2) is 0 Å². The largest absolute Gasteiger partial charge is 0.508 e. The fraction of sp³-hybridized carbons (Fsp3) is 0.696. The number of aromatic hydroxyl groups is 1. The van der Waals surface area contributed by atoms with Crippen LogP contribution < -0.4 is 10.1 Å². The van der Waals surface area contributed by atoms with Crippen LogP contribution in [0.5, 0.6) is 11.5 Å². The van der Waals surface area contributed by atoms with Crippen molar-refractivity contribution in [3.63, 3.8) is 0 Å². The van der Waals surface area contributed by atoms with Crippen LogP contribution in [0.3, 0.4) is 0 Å². The van der Waals surface area contributed by atoms with Gasteiger partial charge in [-0.2, -0.15) is 0 Å². The lowest BCUT2D eigenvalue weighted by molar-refractivity contribution is -0.120. The molecule has 0 aromatic heterocycles. The molecule has 4 heteroatoms. The van der Waals surface area contributed by atoms with Crippen molar-refractivity contribution in [3.05, 3.63) is 23.3 Å². The maximum absolute atomic E-state index is 11.5. The number of hydrogen-bond donors (Lipinski definition) is 2. The van der Waals surface area contributed by atoms with Crippen molar-refractivity contribution < 1.29 is 14.6 Å². The molecule has 0 saturated heterocycles. The minimum atomic E-state index is -0.258. The first-order valence-corrected chi connectivity index (χ1v) is 10.6. The highest BCUT2D eigenvalue weighted by Crippen LogP contribution is 2.54. The topological polar surface area (TPSA) is 58.6 Å². The number of carbonyl (C=O) groups excluding carboxylic acids is 1. The van der Waals surface area contributed by atoms with E-state index in [-0.39, 0.29) is 23.5 Å². The minimum Gasteiger partial charge on any atom is -0.508 e. The first kappa shape index (κ1) is 20.0. The predicted molar refractivity (Wildman–Crippen MR) is 108 cm³/mol. The summed E-state index contributed by atoms with van der Waals surface area (Å²) < 4.78 is 6.41. The molecule has 2 aliphatic rings.